The number of hydrogen-bond acceptors (Lipinski definition) is 4. The van der Waals surface area contributed by atoms with Crippen LogP contribution in [0.25, 0.3) is 60.9 Å². The molecule has 9 rings (SSSR count). The van der Waals surface area contributed by atoms with Gasteiger partial charge in [-0.3, -0.25) is 9.59 Å². The first-order chi connectivity index (χ1) is 26.0. The van der Waals surface area contributed by atoms with Crippen molar-refractivity contribution in [3.8, 4) is 51.2 Å². The van der Waals surface area contributed by atoms with Gasteiger partial charge in [-0.15, -0.1) is 0 Å². The number of rotatable bonds is 5. The average molecular weight is 683 g/mol. The lowest BCUT2D eigenvalue weighted by Gasteiger charge is -2.20. The second-order valence-corrected chi connectivity index (χ2v) is 12.6. The molecule has 1 aliphatic rings. The van der Waals surface area contributed by atoms with Crippen LogP contribution >= 0.6 is 0 Å². The standard InChI is InChI=1S/C45H27N3O2.C2H3N/c46-28-29-12-9-17-33(26-29)34-19-10-20-36-35-18-7-8-22-39(35)47(43(34)36)41-23-11-21-37-42(41)45(50)48(44(37)49)40-25-24-32(30-13-3-1-4-14-30)27-38(40)31-15-5-2-6-16-31;1-2-3/h1-27H;1H3. The molecule has 2 amide bonds. The molecule has 2 heterocycles. The lowest BCUT2D eigenvalue weighted by molar-refractivity contribution is 0.0926. The number of nitriles is 2. The van der Waals surface area contributed by atoms with Gasteiger partial charge in [0.05, 0.1) is 51.2 Å². The summed E-state index contributed by atoms with van der Waals surface area (Å²) in [5.41, 5.74) is 9.78. The predicted molar refractivity (Wildman–Crippen MR) is 211 cm³/mol. The fraction of sp³-hybridized carbons (Fsp3) is 0.0213. The Balaban J connectivity index is 0.00000129. The van der Waals surface area contributed by atoms with E-state index in [1.165, 1.54) is 11.8 Å². The van der Waals surface area contributed by atoms with Crippen molar-refractivity contribution in [1.29, 1.82) is 10.5 Å². The molecule has 0 radical (unpaired) electrons. The molecule has 6 nitrogen and oxygen atoms in total. The van der Waals surface area contributed by atoms with Gasteiger partial charge in [-0.1, -0.05) is 121 Å². The molecule has 0 aliphatic carbocycles. The number of para-hydroxylation sites is 2. The van der Waals surface area contributed by atoms with Gasteiger partial charge in [0.25, 0.3) is 11.8 Å². The summed E-state index contributed by atoms with van der Waals surface area (Å²) >= 11 is 0. The molecule has 1 aromatic heterocycles. The molecule has 0 N–H and O–H groups in total. The van der Waals surface area contributed by atoms with Crippen molar-refractivity contribution in [3.63, 3.8) is 0 Å². The number of aromatic nitrogens is 1. The highest BCUT2D eigenvalue weighted by Crippen LogP contribution is 2.43. The fourth-order valence-corrected chi connectivity index (χ4v) is 7.32. The minimum atomic E-state index is -0.375. The summed E-state index contributed by atoms with van der Waals surface area (Å²) in [6, 6.07) is 57.1. The van der Waals surface area contributed by atoms with Crippen LogP contribution in [0, 0.1) is 22.7 Å². The van der Waals surface area contributed by atoms with Crippen LogP contribution in [-0.2, 0) is 0 Å². The number of imide groups is 1. The quantitative estimate of drug-likeness (QED) is 0.169. The molecule has 250 valence electrons. The topological polar surface area (TPSA) is 89.9 Å². The van der Waals surface area contributed by atoms with Gasteiger partial charge in [0.1, 0.15) is 0 Å². The monoisotopic (exact) mass is 682 g/mol. The van der Waals surface area contributed by atoms with Crippen molar-refractivity contribution in [1.82, 2.24) is 4.57 Å². The molecule has 0 spiro atoms. The number of anilines is 1. The highest BCUT2D eigenvalue weighted by atomic mass is 16.2. The Hall–Kier alpha value is -7.54. The smallest absolute Gasteiger partial charge is 0.268 e. The minimum absolute atomic E-state index is 0.354. The van der Waals surface area contributed by atoms with E-state index in [-0.39, 0.29) is 11.8 Å². The zero-order valence-electron chi connectivity index (χ0n) is 28.7. The Bertz CT molecular complexity index is 2810. The van der Waals surface area contributed by atoms with Crippen molar-refractivity contribution < 1.29 is 9.59 Å². The molecule has 0 saturated heterocycles. The van der Waals surface area contributed by atoms with Crippen LogP contribution < -0.4 is 4.90 Å². The number of carbonyl (C=O) groups is 2. The van der Waals surface area contributed by atoms with Crippen LogP contribution in [0.2, 0.25) is 0 Å². The van der Waals surface area contributed by atoms with E-state index in [4.69, 9.17) is 5.26 Å². The van der Waals surface area contributed by atoms with E-state index < -0.39 is 0 Å². The maximum atomic E-state index is 14.8. The minimum Gasteiger partial charge on any atom is -0.308 e. The molecule has 0 fully saturated rings. The second-order valence-electron chi connectivity index (χ2n) is 12.6. The van der Waals surface area contributed by atoms with Crippen LogP contribution in [-0.4, -0.2) is 16.4 Å². The third-order valence-electron chi connectivity index (χ3n) is 9.56. The van der Waals surface area contributed by atoms with E-state index >= 15 is 0 Å². The summed E-state index contributed by atoms with van der Waals surface area (Å²) < 4.78 is 2.10. The summed E-state index contributed by atoms with van der Waals surface area (Å²) in [5.74, 6) is -0.737. The Morgan fingerprint density at radius 3 is 1.87 bits per heavy atom. The van der Waals surface area contributed by atoms with Gasteiger partial charge in [0.2, 0.25) is 0 Å². The Morgan fingerprint density at radius 1 is 0.491 bits per heavy atom. The summed E-state index contributed by atoms with van der Waals surface area (Å²) in [5, 5.41) is 19.0. The van der Waals surface area contributed by atoms with Gasteiger partial charge in [-0.2, -0.15) is 10.5 Å². The van der Waals surface area contributed by atoms with Gasteiger partial charge in [-0.25, -0.2) is 4.90 Å². The van der Waals surface area contributed by atoms with E-state index in [1.807, 2.05) is 121 Å². The highest BCUT2D eigenvalue weighted by molar-refractivity contribution is 6.36. The number of nitrogens with zero attached hydrogens (tertiary/aromatic N) is 4. The largest absolute Gasteiger partial charge is 0.308 e. The van der Waals surface area contributed by atoms with Crippen LogP contribution in [0.1, 0.15) is 33.2 Å². The van der Waals surface area contributed by atoms with Gasteiger partial charge in [0.15, 0.2) is 0 Å². The van der Waals surface area contributed by atoms with Gasteiger partial charge in [0, 0.05) is 28.8 Å². The molecule has 6 heteroatoms. The number of hydrogen-bond donors (Lipinski definition) is 0. The Morgan fingerprint density at radius 2 is 1.11 bits per heavy atom. The third kappa shape index (κ3) is 5.52. The number of benzene rings is 7. The molecular formula is C47H30N4O2. The van der Waals surface area contributed by atoms with Crippen molar-refractivity contribution in [2.24, 2.45) is 0 Å². The predicted octanol–water partition coefficient (Wildman–Crippen LogP) is 11.0. The molecule has 8 aromatic rings. The normalized spacial score (nSPS) is 11.9. The highest BCUT2D eigenvalue weighted by Gasteiger charge is 2.40. The van der Waals surface area contributed by atoms with Crippen LogP contribution in [0.4, 0.5) is 5.69 Å². The summed E-state index contributed by atoms with van der Waals surface area (Å²) in [7, 11) is 0. The summed E-state index contributed by atoms with van der Waals surface area (Å²) in [6.07, 6.45) is 0. The van der Waals surface area contributed by atoms with Crippen molar-refractivity contribution in [2.45, 2.75) is 6.92 Å². The summed E-state index contributed by atoms with van der Waals surface area (Å²) in [6.45, 7) is 1.43. The number of fused-ring (bicyclic) bond motifs is 4. The molecule has 0 bridgehead atoms. The average Bonchev–Trinajstić information content (AvgIpc) is 3.69. The summed E-state index contributed by atoms with van der Waals surface area (Å²) in [4.78, 5) is 30.6. The maximum absolute atomic E-state index is 14.8. The molecule has 0 saturated carbocycles. The molecule has 0 atom stereocenters. The first-order valence-electron chi connectivity index (χ1n) is 17.1. The number of carbonyl (C=O) groups excluding carboxylic acids is 2. The molecule has 0 unspecified atom stereocenters. The van der Waals surface area contributed by atoms with E-state index in [0.29, 0.717) is 28.1 Å². The molecular weight excluding hydrogens is 653 g/mol. The lowest BCUT2D eigenvalue weighted by atomic mass is 9.97. The van der Waals surface area contributed by atoms with Gasteiger partial charge < -0.3 is 4.57 Å². The SMILES string of the molecule is CC#N.N#Cc1cccc(-c2cccc3c4ccccc4n(-c4cccc5c4C(=O)N(c4ccc(-c6ccccc6)cc4-c4ccccc4)C5=O)c23)c1. The fourth-order valence-electron chi connectivity index (χ4n) is 7.32. The second kappa shape index (κ2) is 13.6. The number of amides is 2. The van der Waals surface area contributed by atoms with E-state index in [2.05, 4.69) is 41.0 Å². The maximum Gasteiger partial charge on any atom is 0.268 e. The van der Waals surface area contributed by atoms with Crippen LogP contribution in [0.15, 0.2) is 164 Å². The van der Waals surface area contributed by atoms with Gasteiger partial charge >= 0.3 is 0 Å². The Labute approximate surface area is 306 Å². The van der Waals surface area contributed by atoms with Crippen LogP contribution in [0.3, 0.4) is 0 Å². The van der Waals surface area contributed by atoms with Crippen LogP contribution in [0.5, 0.6) is 0 Å². The van der Waals surface area contributed by atoms with E-state index in [1.54, 1.807) is 18.2 Å². The Kier molecular flexibility index (Phi) is 8.40. The van der Waals surface area contributed by atoms with E-state index in [0.717, 1.165) is 55.2 Å². The van der Waals surface area contributed by atoms with E-state index in [9.17, 15) is 14.9 Å². The van der Waals surface area contributed by atoms with Crippen molar-refractivity contribution in [2.75, 3.05) is 4.90 Å². The molecule has 53 heavy (non-hydrogen) atoms. The van der Waals surface area contributed by atoms with Crippen molar-refractivity contribution >= 4 is 39.3 Å². The molecule has 7 aromatic carbocycles. The first-order valence-corrected chi connectivity index (χ1v) is 17.1. The first kappa shape index (κ1) is 32.7. The lowest BCUT2D eigenvalue weighted by Crippen LogP contribution is -2.30. The molecule has 1 aliphatic heterocycles. The van der Waals surface area contributed by atoms with Crippen molar-refractivity contribution in [3.05, 3.63) is 180 Å². The third-order valence-corrected chi connectivity index (χ3v) is 9.56. The zero-order chi connectivity index (χ0) is 36.5. The zero-order valence-corrected chi connectivity index (χ0v) is 28.7. The van der Waals surface area contributed by atoms with Gasteiger partial charge in [-0.05, 0) is 64.7 Å².